The fourth-order valence-electron chi connectivity index (χ4n) is 2.93. The summed E-state index contributed by atoms with van der Waals surface area (Å²) in [7, 11) is 0. The summed E-state index contributed by atoms with van der Waals surface area (Å²) in [5.41, 5.74) is 5.95. The molecule has 1 atom stereocenters. The number of hydrogen-bond acceptors (Lipinski definition) is 5. The Morgan fingerprint density at radius 2 is 2.10 bits per heavy atom. The van der Waals surface area contributed by atoms with Crippen molar-refractivity contribution in [2.24, 2.45) is 11.7 Å². The van der Waals surface area contributed by atoms with E-state index >= 15 is 0 Å². The summed E-state index contributed by atoms with van der Waals surface area (Å²) in [4.78, 5) is 8.71. The Morgan fingerprint density at radius 1 is 1.35 bits per heavy atom. The van der Waals surface area contributed by atoms with Crippen LogP contribution in [0.15, 0.2) is 6.07 Å². The van der Waals surface area contributed by atoms with Crippen molar-refractivity contribution < 1.29 is 4.74 Å². The van der Waals surface area contributed by atoms with E-state index in [1.54, 1.807) is 0 Å². The molecule has 20 heavy (non-hydrogen) atoms. The summed E-state index contributed by atoms with van der Waals surface area (Å²) < 4.78 is 5.47. The van der Waals surface area contributed by atoms with Crippen LogP contribution in [0.1, 0.15) is 44.9 Å². The number of ether oxygens (including phenoxy) is 1. The lowest BCUT2D eigenvalue weighted by molar-refractivity contribution is 0.318. The van der Waals surface area contributed by atoms with Gasteiger partial charge < -0.3 is 15.8 Å². The summed E-state index contributed by atoms with van der Waals surface area (Å²) in [5.74, 6) is 2.82. The first kappa shape index (κ1) is 15.0. The fraction of sp³-hybridized carbons (Fsp3) is 0.733. The average Bonchev–Trinajstić information content (AvgIpc) is 2.45. The molecule has 1 saturated carbocycles. The molecule has 1 aliphatic carbocycles. The van der Waals surface area contributed by atoms with Crippen LogP contribution in [0, 0.1) is 12.8 Å². The van der Waals surface area contributed by atoms with Crippen LogP contribution in [0.2, 0.25) is 0 Å². The monoisotopic (exact) mass is 278 g/mol. The molecule has 5 heteroatoms. The van der Waals surface area contributed by atoms with Crippen LogP contribution in [-0.2, 0) is 0 Å². The van der Waals surface area contributed by atoms with E-state index in [9.17, 15) is 0 Å². The Kier molecular flexibility index (Phi) is 5.59. The highest BCUT2D eigenvalue weighted by molar-refractivity contribution is 5.39. The second-order valence-corrected chi connectivity index (χ2v) is 5.46. The summed E-state index contributed by atoms with van der Waals surface area (Å²) >= 11 is 0. The molecule has 0 aliphatic heterocycles. The molecule has 1 fully saturated rings. The van der Waals surface area contributed by atoms with Crippen molar-refractivity contribution in [2.75, 3.05) is 18.5 Å². The van der Waals surface area contributed by atoms with Gasteiger partial charge in [0.25, 0.3) is 0 Å². The van der Waals surface area contributed by atoms with E-state index < -0.39 is 0 Å². The van der Waals surface area contributed by atoms with E-state index in [4.69, 9.17) is 10.5 Å². The van der Waals surface area contributed by atoms with E-state index in [2.05, 4.69) is 15.3 Å². The summed E-state index contributed by atoms with van der Waals surface area (Å²) in [6.07, 6.45) is 6.51. The Bertz CT molecular complexity index is 418. The maximum Gasteiger partial charge on any atom is 0.218 e. The van der Waals surface area contributed by atoms with Crippen LogP contribution in [-0.4, -0.2) is 29.2 Å². The molecule has 0 spiro atoms. The van der Waals surface area contributed by atoms with Crippen molar-refractivity contribution in [3.05, 3.63) is 11.9 Å². The lowest BCUT2D eigenvalue weighted by Crippen LogP contribution is -2.37. The first-order valence-electron chi connectivity index (χ1n) is 7.68. The lowest BCUT2D eigenvalue weighted by Gasteiger charge is -2.30. The van der Waals surface area contributed by atoms with Gasteiger partial charge in [-0.1, -0.05) is 19.3 Å². The second-order valence-electron chi connectivity index (χ2n) is 5.46. The molecular formula is C15H26N4O. The Morgan fingerprint density at radius 3 is 2.75 bits per heavy atom. The van der Waals surface area contributed by atoms with E-state index in [1.807, 2.05) is 19.9 Å². The van der Waals surface area contributed by atoms with Gasteiger partial charge >= 0.3 is 0 Å². The van der Waals surface area contributed by atoms with Gasteiger partial charge in [0.2, 0.25) is 5.88 Å². The molecule has 1 heterocycles. The minimum atomic E-state index is 0.291. The van der Waals surface area contributed by atoms with Crippen molar-refractivity contribution in [1.29, 1.82) is 0 Å². The summed E-state index contributed by atoms with van der Waals surface area (Å²) in [6.45, 7) is 5.08. The van der Waals surface area contributed by atoms with Gasteiger partial charge in [-0.05, 0) is 32.6 Å². The van der Waals surface area contributed by atoms with Gasteiger partial charge in [-0.2, -0.15) is 4.98 Å². The Labute approximate surface area is 121 Å². The molecular weight excluding hydrogens is 252 g/mol. The smallest absolute Gasteiger partial charge is 0.218 e. The van der Waals surface area contributed by atoms with Crippen molar-refractivity contribution in [2.45, 2.75) is 52.0 Å². The van der Waals surface area contributed by atoms with Crippen molar-refractivity contribution in [3.63, 3.8) is 0 Å². The molecule has 2 rings (SSSR count). The Hall–Kier alpha value is -1.36. The normalized spacial score (nSPS) is 17.8. The number of rotatable bonds is 6. The van der Waals surface area contributed by atoms with E-state index in [-0.39, 0.29) is 0 Å². The average molecular weight is 278 g/mol. The number of nitrogens with one attached hydrogen (secondary N) is 1. The quantitative estimate of drug-likeness (QED) is 0.836. The predicted molar refractivity (Wildman–Crippen MR) is 81.0 cm³/mol. The highest BCUT2D eigenvalue weighted by Gasteiger charge is 2.23. The molecule has 1 aromatic rings. The fourth-order valence-corrected chi connectivity index (χ4v) is 2.93. The van der Waals surface area contributed by atoms with Crippen LogP contribution < -0.4 is 15.8 Å². The zero-order valence-corrected chi connectivity index (χ0v) is 12.6. The molecule has 1 unspecified atom stereocenters. The third-order valence-corrected chi connectivity index (χ3v) is 3.91. The predicted octanol–water partition coefficient (Wildman–Crippen LogP) is 2.50. The second kappa shape index (κ2) is 7.43. The standard InChI is InChI=1S/C15H26N4O/c1-3-20-15-9-14(17-11(2)18-15)19-13(10-16)12-7-5-4-6-8-12/h9,12-13H,3-8,10,16H2,1-2H3,(H,17,18,19). The molecule has 1 aromatic heterocycles. The van der Waals surface area contributed by atoms with Gasteiger partial charge in [-0.25, -0.2) is 4.98 Å². The van der Waals surface area contributed by atoms with Crippen LogP contribution in [0.5, 0.6) is 5.88 Å². The van der Waals surface area contributed by atoms with Crippen LogP contribution in [0.4, 0.5) is 5.82 Å². The number of nitrogens with zero attached hydrogens (tertiary/aromatic N) is 2. The van der Waals surface area contributed by atoms with Crippen LogP contribution in [0.3, 0.4) is 0 Å². The SMILES string of the molecule is CCOc1cc(NC(CN)C2CCCCC2)nc(C)n1. The van der Waals surface area contributed by atoms with Gasteiger partial charge in [0, 0.05) is 18.7 Å². The van der Waals surface area contributed by atoms with Gasteiger partial charge in [0.1, 0.15) is 11.6 Å². The Balaban J connectivity index is 2.06. The van der Waals surface area contributed by atoms with Gasteiger partial charge in [0.05, 0.1) is 6.61 Å². The summed E-state index contributed by atoms with van der Waals surface area (Å²) in [6, 6.07) is 2.15. The molecule has 5 nitrogen and oxygen atoms in total. The minimum Gasteiger partial charge on any atom is -0.478 e. The molecule has 3 N–H and O–H groups in total. The van der Waals surface area contributed by atoms with E-state index in [1.165, 1.54) is 32.1 Å². The molecule has 0 aromatic carbocycles. The maximum atomic E-state index is 5.95. The maximum absolute atomic E-state index is 5.95. The molecule has 0 radical (unpaired) electrons. The molecule has 1 aliphatic rings. The zero-order chi connectivity index (χ0) is 14.4. The van der Waals surface area contributed by atoms with Crippen LogP contribution >= 0.6 is 0 Å². The van der Waals surface area contributed by atoms with E-state index in [0.717, 1.165) is 11.6 Å². The van der Waals surface area contributed by atoms with Gasteiger partial charge in [-0.15, -0.1) is 0 Å². The first-order valence-corrected chi connectivity index (χ1v) is 7.68. The number of hydrogen-bond donors (Lipinski definition) is 2. The third kappa shape index (κ3) is 4.07. The van der Waals surface area contributed by atoms with Crippen molar-refractivity contribution >= 4 is 5.82 Å². The summed E-state index contributed by atoms with van der Waals surface area (Å²) in [5, 5.41) is 3.48. The lowest BCUT2D eigenvalue weighted by atomic mass is 9.84. The number of aryl methyl sites for hydroxylation is 1. The number of nitrogens with two attached hydrogens (primary N) is 1. The van der Waals surface area contributed by atoms with Gasteiger partial charge in [-0.3, -0.25) is 0 Å². The molecule has 0 amide bonds. The first-order chi connectivity index (χ1) is 9.72. The third-order valence-electron chi connectivity index (χ3n) is 3.91. The molecule has 112 valence electrons. The van der Waals surface area contributed by atoms with Gasteiger partial charge in [0.15, 0.2) is 0 Å². The topological polar surface area (TPSA) is 73.1 Å². The van der Waals surface area contributed by atoms with Crippen molar-refractivity contribution in [1.82, 2.24) is 9.97 Å². The number of anilines is 1. The highest BCUT2D eigenvalue weighted by atomic mass is 16.5. The minimum absolute atomic E-state index is 0.291. The van der Waals surface area contributed by atoms with Crippen LogP contribution in [0.25, 0.3) is 0 Å². The molecule has 0 bridgehead atoms. The number of aromatic nitrogens is 2. The zero-order valence-electron chi connectivity index (χ0n) is 12.6. The van der Waals surface area contributed by atoms with Crippen molar-refractivity contribution in [3.8, 4) is 5.88 Å². The largest absolute Gasteiger partial charge is 0.478 e. The van der Waals surface area contributed by atoms with E-state index in [0.29, 0.717) is 31.0 Å². The highest BCUT2D eigenvalue weighted by Crippen LogP contribution is 2.28. The molecule has 0 saturated heterocycles.